The van der Waals surface area contributed by atoms with Crippen LogP contribution in [-0.4, -0.2) is 12.1 Å². The molecule has 21 heavy (non-hydrogen) atoms. The highest BCUT2D eigenvalue weighted by atomic mass is 16.5. The van der Waals surface area contributed by atoms with E-state index in [0.717, 1.165) is 16.6 Å². The van der Waals surface area contributed by atoms with Gasteiger partial charge >= 0.3 is 0 Å². The van der Waals surface area contributed by atoms with Crippen molar-refractivity contribution in [2.24, 2.45) is 0 Å². The highest BCUT2D eigenvalue weighted by Gasteiger charge is 2.07. The predicted molar refractivity (Wildman–Crippen MR) is 84.0 cm³/mol. The second kappa shape index (κ2) is 5.32. The van der Waals surface area contributed by atoms with Crippen molar-refractivity contribution in [1.82, 2.24) is 4.98 Å². The number of anilines is 1. The Bertz CT molecular complexity index is 800. The predicted octanol–water partition coefficient (Wildman–Crippen LogP) is 3.93. The number of hydrogen-bond donors (Lipinski definition) is 1. The molecule has 0 aliphatic carbocycles. The van der Waals surface area contributed by atoms with Gasteiger partial charge in [0.2, 0.25) is 0 Å². The maximum Gasteiger partial charge on any atom is 0.153 e. The summed E-state index contributed by atoms with van der Waals surface area (Å²) < 4.78 is 11.2. The van der Waals surface area contributed by atoms with E-state index < -0.39 is 0 Å². The van der Waals surface area contributed by atoms with Crippen molar-refractivity contribution in [1.29, 1.82) is 0 Å². The van der Waals surface area contributed by atoms with Gasteiger partial charge in [0.1, 0.15) is 17.0 Å². The van der Waals surface area contributed by atoms with Crippen molar-refractivity contribution in [2.75, 3.05) is 12.8 Å². The number of nitrogens with zero attached hydrogens (tertiary/aromatic N) is 1. The zero-order chi connectivity index (χ0) is 14.8. The highest BCUT2D eigenvalue weighted by Crippen LogP contribution is 2.32. The lowest BCUT2D eigenvalue weighted by Gasteiger charge is -2.11. The van der Waals surface area contributed by atoms with Crippen LogP contribution in [0.25, 0.3) is 10.9 Å². The number of methoxy groups -OCH3 is 1. The van der Waals surface area contributed by atoms with E-state index in [9.17, 15) is 0 Å². The minimum absolute atomic E-state index is 0.580. The second-order valence-corrected chi connectivity index (χ2v) is 4.79. The Morgan fingerprint density at radius 2 is 1.86 bits per heavy atom. The number of nitrogen functional groups attached to an aromatic ring is 1. The number of aromatic nitrogens is 1. The van der Waals surface area contributed by atoms with Crippen molar-refractivity contribution in [3.8, 4) is 17.2 Å². The molecule has 3 aromatic rings. The molecule has 1 heterocycles. The number of aryl methyl sites for hydroxylation is 1. The fourth-order valence-electron chi connectivity index (χ4n) is 2.18. The lowest BCUT2D eigenvalue weighted by molar-refractivity contribution is 0.411. The molecule has 0 amide bonds. The number of ether oxygens (including phenoxy) is 2. The van der Waals surface area contributed by atoms with Crippen LogP contribution in [0.3, 0.4) is 0 Å². The first-order valence-electron chi connectivity index (χ1n) is 6.65. The van der Waals surface area contributed by atoms with Gasteiger partial charge in [-0.05, 0) is 31.2 Å². The van der Waals surface area contributed by atoms with Gasteiger partial charge in [-0.3, -0.25) is 0 Å². The van der Waals surface area contributed by atoms with E-state index in [0.29, 0.717) is 22.9 Å². The van der Waals surface area contributed by atoms with E-state index >= 15 is 0 Å². The third-order valence-corrected chi connectivity index (χ3v) is 3.26. The van der Waals surface area contributed by atoms with Crippen LogP contribution in [0.15, 0.2) is 48.5 Å². The van der Waals surface area contributed by atoms with Crippen molar-refractivity contribution >= 4 is 16.6 Å². The SMILES string of the molecule is COc1cc(Oc2cccc3ccc(C)nc23)ccc1N. The Balaban J connectivity index is 2.03. The van der Waals surface area contributed by atoms with Gasteiger partial charge in [0, 0.05) is 17.1 Å². The summed E-state index contributed by atoms with van der Waals surface area (Å²) >= 11 is 0. The Labute approximate surface area is 123 Å². The van der Waals surface area contributed by atoms with Gasteiger partial charge in [0.25, 0.3) is 0 Å². The van der Waals surface area contributed by atoms with Crippen molar-refractivity contribution < 1.29 is 9.47 Å². The molecule has 4 heteroatoms. The van der Waals surface area contributed by atoms with E-state index in [2.05, 4.69) is 4.98 Å². The van der Waals surface area contributed by atoms with Gasteiger partial charge < -0.3 is 15.2 Å². The van der Waals surface area contributed by atoms with Crippen LogP contribution in [0.5, 0.6) is 17.2 Å². The van der Waals surface area contributed by atoms with Crippen molar-refractivity contribution in [2.45, 2.75) is 6.92 Å². The maximum absolute atomic E-state index is 5.95. The van der Waals surface area contributed by atoms with Crippen LogP contribution in [0.1, 0.15) is 5.69 Å². The molecule has 0 atom stereocenters. The molecule has 0 bridgehead atoms. The minimum atomic E-state index is 0.580. The first kappa shape index (κ1) is 13.2. The maximum atomic E-state index is 5.95. The largest absolute Gasteiger partial charge is 0.494 e. The summed E-state index contributed by atoms with van der Waals surface area (Å²) in [7, 11) is 1.58. The van der Waals surface area contributed by atoms with Crippen molar-refractivity contribution in [3.05, 3.63) is 54.2 Å². The van der Waals surface area contributed by atoms with Gasteiger partial charge in [0.05, 0.1) is 12.8 Å². The smallest absolute Gasteiger partial charge is 0.153 e. The van der Waals surface area contributed by atoms with E-state index in [-0.39, 0.29) is 0 Å². The van der Waals surface area contributed by atoms with Gasteiger partial charge in [-0.25, -0.2) is 4.98 Å². The van der Waals surface area contributed by atoms with Crippen LogP contribution in [0.2, 0.25) is 0 Å². The average molecular weight is 280 g/mol. The average Bonchev–Trinajstić information content (AvgIpc) is 2.50. The Kier molecular flexibility index (Phi) is 3.36. The fraction of sp³-hybridized carbons (Fsp3) is 0.118. The number of pyridine rings is 1. The standard InChI is InChI=1S/C17H16N2O2/c1-11-6-7-12-4-3-5-15(17(12)19-11)21-13-8-9-14(18)16(10-13)20-2/h3-10H,18H2,1-2H3. The molecule has 3 rings (SSSR count). The number of benzene rings is 2. The monoisotopic (exact) mass is 280 g/mol. The third-order valence-electron chi connectivity index (χ3n) is 3.26. The van der Waals surface area contributed by atoms with Gasteiger partial charge in [0.15, 0.2) is 5.75 Å². The topological polar surface area (TPSA) is 57.4 Å². The first-order valence-corrected chi connectivity index (χ1v) is 6.65. The second-order valence-electron chi connectivity index (χ2n) is 4.79. The molecular formula is C17H16N2O2. The molecule has 0 aliphatic heterocycles. The van der Waals surface area contributed by atoms with Crippen LogP contribution in [-0.2, 0) is 0 Å². The quantitative estimate of drug-likeness (QED) is 0.739. The number of nitrogens with two attached hydrogens (primary N) is 1. The van der Waals surface area contributed by atoms with E-state index in [1.807, 2.05) is 43.3 Å². The summed E-state index contributed by atoms with van der Waals surface area (Å²) in [4.78, 5) is 4.55. The summed E-state index contributed by atoms with van der Waals surface area (Å²) in [5, 5.41) is 1.04. The summed E-state index contributed by atoms with van der Waals surface area (Å²) in [6.07, 6.45) is 0. The normalized spacial score (nSPS) is 10.6. The first-order chi connectivity index (χ1) is 10.2. The minimum Gasteiger partial charge on any atom is -0.494 e. The zero-order valence-corrected chi connectivity index (χ0v) is 12.0. The van der Waals surface area contributed by atoms with E-state index in [4.69, 9.17) is 15.2 Å². The number of hydrogen-bond acceptors (Lipinski definition) is 4. The van der Waals surface area contributed by atoms with Crippen LogP contribution in [0.4, 0.5) is 5.69 Å². The Morgan fingerprint density at radius 3 is 2.67 bits per heavy atom. The molecule has 0 spiro atoms. The third kappa shape index (κ3) is 2.60. The zero-order valence-electron chi connectivity index (χ0n) is 12.0. The molecule has 2 aromatic carbocycles. The summed E-state index contributed by atoms with van der Waals surface area (Å²) in [6.45, 7) is 1.96. The van der Waals surface area contributed by atoms with Gasteiger partial charge in [-0.2, -0.15) is 0 Å². The molecule has 0 aliphatic rings. The lowest BCUT2D eigenvalue weighted by atomic mass is 10.2. The van der Waals surface area contributed by atoms with E-state index in [1.165, 1.54) is 0 Å². The number of para-hydroxylation sites is 1. The summed E-state index contributed by atoms with van der Waals surface area (Å²) in [6, 6.07) is 15.2. The van der Waals surface area contributed by atoms with Crippen LogP contribution < -0.4 is 15.2 Å². The van der Waals surface area contributed by atoms with Gasteiger partial charge in [-0.1, -0.05) is 18.2 Å². The molecule has 0 saturated heterocycles. The summed E-state index contributed by atoms with van der Waals surface area (Å²) in [5.74, 6) is 1.97. The lowest BCUT2D eigenvalue weighted by Crippen LogP contribution is -1.94. The van der Waals surface area contributed by atoms with Gasteiger partial charge in [-0.15, -0.1) is 0 Å². The van der Waals surface area contributed by atoms with Crippen molar-refractivity contribution in [3.63, 3.8) is 0 Å². The molecule has 0 fully saturated rings. The molecule has 2 N–H and O–H groups in total. The molecule has 4 nitrogen and oxygen atoms in total. The molecule has 1 aromatic heterocycles. The summed E-state index contributed by atoms with van der Waals surface area (Å²) in [5.41, 5.74) is 8.18. The van der Waals surface area contributed by atoms with Crippen LogP contribution >= 0.6 is 0 Å². The Morgan fingerprint density at radius 1 is 1.00 bits per heavy atom. The number of rotatable bonds is 3. The molecule has 0 saturated carbocycles. The van der Waals surface area contributed by atoms with Crippen LogP contribution in [0, 0.1) is 6.92 Å². The molecule has 0 radical (unpaired) electrons. The Hall–Kier alpha value is -2.75. The fourth-order valence-corrected chi connectivity index (χ4v) is 2.18. The molecule has 106 valence electrons. The molecular weight excluding hydrogens is 264 g/mol. The molecule has 0 unspecified atom stereocenters. The van der Waals surface area contributed by atoms with E-state index in [1.54, 1.807) is 19.2 Å². The number of fused-ring (bicyclic) bond motifs is 1. The highest BCUT2D eigenvalue weighted by molar-refractivity contribution is 5.84.